The van der Waals surface area contributed by atoms with Crippen molar-refractivity contribution >= 4 is 16.9 Å². The summed E-state index contributed by atoms with van der Waals surface area (Å²) in [5, 5.41) is 0.924. The molecular formula is C19H20N2O3. The van der Waals surface area contributed by atoms with Crippen LogP contribution in [0.5, 0.6) is 0 Å². The fraction of sp³-hybridized carbons (Fsp3) is 0.263. The Labute approximate surface area is 140 Å². The predicted molar refractivity (Wildman–Crippen MR) is 91.9 cm³/mol. The van der Waals surface area contributed by atoms with E-state index < -0.39 is 0 Å². The maximum Gasteiger partial charge on any atom is 0.258 e. The zero-order valence-electron chi connectivity index (χ0n) is 14.0. The smallest absolute Gasteiger partial charge is 0.258 e. The summed E-state index contributed by atoms with van der Waals surface area (Å²) in [4.78, 5) is 19.1. The molecule has 0 aliphatic heterocycles. The van der Waals surface area contributed by atoms with Crippen molar-refractivity contribution < 1.29 is 13.9 Å². The van der Waals surface area contributed by atoms with Gasteiger partial charge in [-0.1, -0.05) is 18.2 Å². The summed E-state index contributed by atoms with van der Waals surface area (Å²) >= 11 is 0. The number of ether oxygens (including phenoxy) is 1. The van der Waals surface area contributed by atoms with Crippen LogP contribution in [0.3, 0.4) is 0 Å². The molecule has 0 unspecified atom stereocenters. The summed E-state index contributed by atoms with van der Waals surface area (Å²) in [5.74, 6) is 0.661. The molecule has 1 amide bonds. The van der Waals surface area contributed by atoms with Crippen molar-refractivity contribution in [1.82, 2.24) is 9.88 Å². The van der Waals surface area contributed by atoms with Gasteiger partial charge in [0.1, 0.15) is 11.3 Å². The molecule has 0 aliphatic carbocycles. The number of amides is 1. The number of aryl methyl sites for hydroxylation is 1. The lowest BCUT2D eigenvalue weighted by atomic mass is 10.1. The van der Waals surface area contributed by atoms with Crippen molar-refractivity contribution in [2.45, 2.75) is 13.0 Å². The van der Waals surface area contributed by atoms with Gasteiger partial charge in [0.25, 0.3) is 5.91 Å². The fourth-order valence-electron chi connectivity index (χ4n) is 2.82. The molecule has 0 N–H and O–H groups in total. The van der Waals surface area contributed by atoms with Gasteiger partial charge in [-0.3, -0.25) is 9.78 Å². The van der Waals surface area contributed by atoms with Gasteiger partial charge < -0.3 is 14.1 Å². The van der Waals surface area contributed by atoms with E-state index in [1.54, 1.807) is 31.3 Å². The van der Waals surface area contributed by atoms with E-state index in [-0.39, 0.29) is 11.9 Å². The van der Waals surface area contributed by atoms with Crippen LogP contribution in [0.15, 0.2) is 53.1 Å². The van der Waals surface area contributed by atoms with Crippen LogP contribution in [0.25, 0.3) is 11.0 Å². The second-order valence-corrected chi connectivity index (χ2v) is 5.72. The van der Waals surface area contributed by atoms with E-state index in [1.807, 2.05) is 43.3 Å². The second kappa shape index (κ2) is 6.84. The van der Waals surface area contributed by atoms with Gasteiger partial charge in [0.05, 0.1) is 23.9 Å². The van der Waals surface area contributed by atoms with Crippen LogP contribution in [0.2, 0.25) is 0 Å². The fourth-order valence-corrected chi connectivity index (χ4v) is 2.82. The number of pyridine rings is 1. The minimum absolute atomic E-state index is 0.123. The zero-order chi connectivity index (χ0) is 17.1. The topological polar surface area (TPSA) is 55.6 Å². The molecule has 0 aliphatic rings. The number of methoxy groups -OCH3 is 1. The summed E-state index contributed by atoms with van der Waals surface area (Å²) in [6.07, 6.45) is 1.72. The number of nitrogens with zero attached hydrogens (tertiary/aromatic N) is 2. The van der Waals surface area contributed by atoms with Crippen molar-refractivity contribution in [2.24, 2.45) is 0 Å². The summed E-state index contributed by atoms with van der Waals surface area (Å²) in [7, 11) is 3.38. The Kier molecular flexibility index (Phi) is 4.62. The van der Waals surface area contributed by atoms with Crippen LogP contribution < -0.4 is 0 Å². The molecule has 0 saturated heterocycles. The number of para-hydroxylation sites is 1. The molecule has 24 heavy (non-hydrogen) atoms. The monoisotopic (exact) mass is 324 g/mol. The van der Waals surface area contributed by atoms with Gasteiger partial charge in [-0.2, -0.15) is 0 Å². The average molecular weight is 324 g/mol. The first-order valence-corrected chi connectivity index (χ1v) is 7.78. The highest BCUT2D eigenvalue weighted by molar-refractivity contribution is 6.05. The summed E-state index contributed by atoms with van der Waals surface area (Å²) < 4.78 is 11.0. The normalized spacial score (nSPS) is 12.3. The number of furan rings is 1. The van der Waals surface area contributed by atoms with Crippen LogP contribution in [0.4, 0.5) is 0 Å². The number of hydrogen-bond acceptors (Lipinski definition) is 4. The van der Waals surface area contributed by atoms with Crippen molar-refractivity contribution in [2.75, 3.05) is 20.8 Å². The molecular weight excluding hydrogens is 304 g/mol. The molecule has 0 bridgehead atoms. The van der Waals surface area contributed by atoms with Crippen LogP contribution in [0.1, 0.15) is 27.9 Å². The average Bonchev–Trinajstić information content (AvgIpc) is 2.99. The van der Waals surface area contributed by atoms with E-state index in [9.17, 15) is 4.79 Å². The Morgan fingerprint density at radius 1 is 1.29 bits per heavy atom. The van der Waals surface area contributed by atoms with Crippen LogP contribution in [-0.4, -0.2) is 36.6 Å². The maximum atomic E-state index is 13.0. The van der Waals surface area contributed by atoms with E-state index in [1.165, 1.54) is 0 Å². The Morgan fingerprint density at radius 2 is 2.12 bits per heavy atom. The molecule has 3 aromatic rings. The first-order valence-electron chi connectivity index (χ1n) is 7.78. The molecule has 5 heteroatoms. The highest BCUT2D eigenvalue weighted by atomic mass is 16.5. The first-order chi connectivity index (χ1) is 11.6. The third kappa shape index (κ3) is 3.03. The molecule has 2 heterocycles. The van der Waals surface area contributed by atoms with Gasteiger partial charge in [0, 0.05) is 25.7 Å². The van der Waals surface area contributed by atoms with E-state index in [0.717, 1.165) is 16.8 Å². The third-order valence-electron chi connectivity index (χ3n) is 4.04. The van der Waals surface area contributed by atoms with Gasteiger partial charge in [-0.25, -0.2) is 0 Å². The predicted octanol–water partition coefficient (Wildman–Crippen LogP) is 3.60. The van der Waals surface area contributed by atoms with Crippen molar-refractivity contribution in [3.8, 4) is 0 Å². The molecule has 3 rings (SSSR count). The minimum Gasteiger partial charge on any atom is -0.461 e. The molecule has 0 spiro atoms. The lowest BCUT2D eigenvalue weighted by Gasteiger charge is -2.27. The van der Waals surface area contributed by atoms with Gasteiger partial charge in [0.15, 0.2) is 0 Å². The molecule has 1 aromatic carbocycles. The maximum absolute atomic E-state index is 13.0. The molecule has 5 nitrogen and oxygen atoms in total. The standard InChI is InChI=1S/C19H20N2O3/c1-13-11-14-7-6-8-15(18(14)24-13)19(22)21(2)17(12-23-3)16-9-4-5-10-20-16/h4-11,17H,12H2,1-3H3/t17-/m1/s1. The molecule has 0 fully saturated rings. The lowest BCUT2D eigenvalue weighted by Crippen LogP contribution is -2.34. The molecule has 2 aromatic heterocycles. The van der Waals surface area contributed by atoms with Crippen LogP contribution in [0, 0.1) is 6.92 Å². The number of carbonyl (C=O) groups is 1. The highest BCUT2D eigenvalue weighted by Crippen LogP contribution is 2.26. The minimum atomic E-state index is -0.269. The number of benzene rings is 1. The number of carbonyl (C=O) groups excluding carboxylic acids is 1. The van der Waals surface area contributed by atoms with Crippen molar-refractivity contribution in [1.29, 1.82) is 0 Å². The van der Waals surface area contributed by atoms with E-state index in [2.05, 4.69) is 4.98 Å². The summed E-state index contributed by atoms with van der Waals surface area (Å²) in [5.41, 5.74) is 1.95. The van der Waals surface area contributed by atoms with Crippen LogP contribution in [-0.2, 0) is 4.74 Å². The molecule has 0 saturated carbocycles. The first kappa shape index (κ1) is 16.2. The largest absolute Gasteiger partial charge is 0.461 e. The van der Waals surface area contributed by atoms with E-state index in [4.69, 9.17) is 9.15 Å². The van der Waals surface area contributed by atoms with E-state index >= 15 is 0 Å². The summed E-state index contributed by atoms with van der Waals surface area (Å²) in [6, 6.07) is 12.9. The Bertz CT molecular complexity index is 842. The quantitative estimate of drug-likeness (QED) is 0.719. The highest BCUT2D eigenvalue weighted by Gasteiger charge is 2.25. The Balaban J connectivity index is 1.97. The number of hydrogen-bond donors (Lipinski definition) is 0. The zero-order valence-corrected chi connectivity index (χ0v) is 14.0. The number of likely N-dealkylation sites (N-methyl/N-ethyl adjacent to an activating group) is 1. The number of fused-ring (bicyclic) bond motifs is 1. The van der Waals surface area contributed by atoms with Gasteiger partial charge in [0.2, 0.25) is 0 Å². The second-order valence-electron chi connectivity index (χ2n) is 5.72. The Hall–Kier alpha value is -2.66. The molecule has 0 radical (unpaired) electrons. The van der Waals surface area contributed by atoms with Gasteiger partial charge in [-0.05, 0) is 31.2 Å². The third-order valence-corrected chi connectivity index (χ3v) is 4.04. The van der Waals surface area contributed by atoms with E-state index in [0.29, 0.717) is 17.8 Å². The van der Waals surface area contributed by atoms with Crippen molar-refractivity contribution in [3.05, 3.63) is 65.7 Å². The molecule has 124 valence electrons. The number of rotatable bonds is 5. The van der Waals surface area contributed by atoms with Gasteiger partial charge >= 0.3 is 0 Å². The number of aromatic nitrogens is 1. The SMILES string of the molecule is COC[C@H](c1ccccn1)N(C)C(=O)c1cccc2cc(C)oc12. The molecule has 1 atom stereocenters. The van der Waals surface area contributed by atoms with Gasteiger partial charge in [-0.15, -0.1) is 0 Å². The Morgan fingerprint density at radius 3 is 2.83 bits per heavy atom. The van der Waals surface area contributed by atoms with Crippen molar-refractivity contribution in [3.63, 3.8) is 0 Å². The summed E-state index contributed by atoms with van der Waals surface area (Å²) in [6.45, 7) is 2.24. The lowest BCUT2D eigenvalue weighted by molar-refractivity contribution is 0.0596. The van der Waals surface area contributed by atoms with Crippen LogP contribution >= 0.6 is 0 Å².